The molecule has 0 N–H and O–H groups in total. The van der Waals surface area contributed by atoms with Gasteiger partial charge in [-0.2, -0.15) is 0 Å². The molecule has 0 atom stereocenters. The highest BCUT2D eigenvalue weighted by atomic mass is 35.5. The van der Waals surface area contributed by atoms with Crippen LogP contribution in [0, 0.1) is 0 Å². The summed E-state index contributed by atoms with van der Waals surface area (Å²) >= 11 is 7.20. The zero-order valence-electron chi connectivity index (χ0n) is 6.70. The molecule has 0 fully saturated rings. The van der Waals surface area contributed by atoms with Gasteiger partial charge in [0.05, 0.1) is 10.8 Å². The van der Waals surface area contributed by atoms with Crippen molar-refractivity contribution < 1.29 is 9.59 Å². The van der Waals surface area contributed by atoms with Crippen LogP contribution in [0.1, 0.15) is 10.4 Å². The van der Waals surface area contributed by atoms with Crippen molar-refractivity contribution >= 4 is 35.9 Å². The van der Waals surface area contributed by atoms with Crippen LogP contribution < -0.4 is 0 Å². The number of aldehydes is 2. The maximum absolute atomic E-state index is 10.4. The van der Waals surface area contributed by atoms with E-state index >= 15 is 0 Å². The third kappa shape index (κ3) is 2.86. The van der Waals surface area contributed by atoms with Crippen LogP contribution in [0.3, 0.4) is 0 Å². The summed E-state index contributed by atoms with van der Waals surface area (Å²) in [7, 11) is 0. The molecule has 0 aliphatic carbocycles. The first-order valence-electron chi connectivity index (χ1n) is 3.59. The van der Waals surface area contributed by atoms with Crippen LogP contribution in [-0.4, -0.2) is 18.3 Å². The molecule has 0 bridgehead atoms. The Bertz CT molecular complexity index is 325. The van der Waals surface area contributed by atoms with Gasteiger partial charge >= 0.3 is 0 Å². The highest BCUT2D eigenvalue weighted by Gasteiger charge is 2.01. The summed E-state index contributed by atoms with van der Waals surface area (Å²) in [6.45, 7) is 0. The summed E-state index contributed by atoms with van der Waals surface area (Å²) in [4.78, 5) is 21.3. The molecule has 0 saturated carbocycles. The number of hydrogen-bond donors (Lipinski definition) is 0. The Kier molecular flexibility index (Phi) is 3.99. The maximum Gasteiger partial charge on any atom is 0.150 e. The molecule has 0 aliphatic rings. The van der Waals surface area contributed by atoms with Gasteiger partial charge < -0.3 is 4.79 Å². The van der Waals surface area contributed by atoms with Gasteiger partial charge in [-0.15, -0.1) is 11.8 Å². The molecule has 0 aliphatic heterocycles. The van der Waals surface area contributed by atoms with Crippen molar-refractivity contribution in [3.05, 3.63) is 28.8 Å². The van der Waals surface area contributed by atoms with E-state index in [1.54, 1.807) is 18.2 Å². The van der Waals surface area contributed by atoms with Gasteiger partial charge in [0.25, 0.3) is 0 Å². The molecule has 13 heavy (non-hydrogen) atoms. The summed E-state index contributed by atoms with van der Waals surface area (Å²) in [5.74, 6) is 0.375. The quantitative estimate of drug-likeness (QED) is 0.570. The second-order valence-electron chi connectivity index (χ2n) is 2.29. The average Bonchev–Trinajstić information content (AvgIpc) is 2.16. The standard InChI is InChI=1S/C9H7ClO2S/c10-8-5-7(6-12)1-2-9(8)13-4-3-11/h1-3,5-6H,4H2. The Morgan fingerprint density at radius 2 is 2.15 bits per heavy atom. The predicted molar refractivity (Wildman–Crippen MR) is 53.6 cm³/mol. The predicted octanol–water partition coefficient (Wildman–Crippen LogP) is 2.44. The van der Waals surface area contributed by atoms with Gasteiger partial charge in [0.15, 0.2) is 0 Å². The van der Waals surface area contributed by atoms with E-state index in [0.717, 1.165) is 17.5 Å². The number of benzene rings is 1. The van der Waals surface area contributed by atoms with Crippen LogP contribution in [0.2, 0.25) is 5.02 Å². The van der Waals surface area contributed by atoms with Gasteiger partial charge in [-0.3, -0.25) is 4.79 Å². The molecule has 2 nitrogen and oxygen atoms in total. The third-order valence-corrected chi connectivity index (χ3v) is 2.79. The molecule has 0 amide bonds. The van der Waals surface area contributed by atoms with Gasteiger partial charge in [-0.1, -0.05) is 17.7 Å². The lowest BCUT2D eigenvalue weighted by Gasteiger charge is -2.00. The second-order valence-corrected chi connectivity index (χ2v) is 3.75. The molecule has 1 aromatic rings. The van der Waals surface area contributed by atoms with E-state index in [0.29, 0.717) is 16.3 Å². The Labute approximate surface area is 85.3 Å². The molecule has 0 saturated heterocycles. The lowest BCUT2D eigenvalue weighted by atomic mass is 10.2. The largest absolute Gasteiger partial charge is 0.302 e. The smallest absolute Gasteiger partial charge is 0.150 e. The first-order chi connectivity index (χ1) is 6.27. The second kappa shape index (κ2) is 5.04. The molecule has 1 aromatic carbocycles. The van der Waals surface area contributed by atoms with E-state index in [2.05, 4.69) is 0 Å². The average molecular weight is 215 g/mol. The van der Waals surface area contributed by atoms with Gasteiger partial charge in [0.2, 0.25) is 0 Å². The Morgan fingerprint density at radius 1 is 1.38 bits per heavy atom. The minimum Gasteiger partial charge on any atom is -0.302 e. The van der Waals surface area contributed by atoms with E-state index in [9.17, 15) is 9.59 Å². The summed E-state index contributed by atoms with van der Waals surface area (Å²) in [6, 6.07) is 4.99. The molecule has 0 spiro atoms. The first kappa shape index (κ1) is 10.3. The van der Waals surface area contributed by atoms with E-state index in [4.69, 9.17) is 11.6 Å². The normalized spacial score (nSPS) is 9.62. The van der Waals surface area contributed by atoms with Gasteiger partial charge in [0, 0.05) is 10.5 Å². The summed E-state index contributed by atoms with van der Waals surface area (Å²) < 4.78 is 0. The Balaban J connectivity index is 2.84. The number of thioether (sulfide) groups is 1. The summed E-state index contributed by atoms with van der Waals surface area (Å²) in [6.07, 6.45) is 1.55. The molecule has 4 heteroatoms. The molecule has 0 aromatic heterocycles. The van der Waals surface area contributed by atoms with Crippen LogP contribution >= 0.6 is 23.4 Å². The number of rotatable bonds is 4. The molecule has 0 unspecified atom stereocenters. The third-order valence-electron chi connectivity index (χ3n) is 1.40. The Morgan fingerprint density at radius 3 is 2.69 bits per heavy atom. The first-order valence-corrected chi connectivity index (χ1v) is 4.95. The van der Waals surface area contributed by atoms with Crippen molar-refractivity contribution in [3.63, 3.8) is 0 Å². The van der Waals surface area contributed by atoms with E-state index < -0.39 is 0 Å². The fourth-order valence-electron chi connectivity index (χ4n) is 0.831. The summed E-state index contributed by atoms with van der Waals surface area (Å²) in [5.41, 5.74) is 0.542. The minimum absolute atomic E-state index is 0.375. The highest BCUT2D eigenvalue weighted by molar-refractivity contribution is 8.00. The zero-order valence-corrected chi connectivity index (χ0v) is 8.27. The molecule has 1 rings (SSSR count). The van der Waals surface area contributed by atoms with Crippen molar-refractivity contribution in [2.24, 2.45) is 0 Å². The molecule has 68 valence electrons. The maximum atomic E-state index is 10.4. The monoisotopic (exact) mass is 214 g/mol. The van der Waals surface area contributed by atoms with Crippen LogP contribution in [0.5, 0.6) is 0 Å². The Hall–Kier alpha value is -0.800. The summed E-state index contributed by atoms with van der Waals surface area (Å²) in [5, 5.41) is 0.511. The minimum atomic E-state index is 0.375. The fraction of sp³-hybridized carbons (Fsp3) is 0.111. The van der Waals surface area contributed by atoms with E-state index in [1.165, 1.54) is 11.8 Å². The van der Waals surface area contributed by atoms with Crippen LogP contribution in [0.15, 0.2) is 23.1 Å². The number of halogens is 1. The SMILES string of the molecule is O=CCSc1ccc(C=O)cc1Cl. The highest BCUT2D eigenvalue weighted by Crippen LogP contribution is 2.26. The lowest BCUT2D eigenvalue weighted by molar-refractivity contribution is -0.105. The van der Waals surface area contributed by atoms with Crippen LogP contribution in [-0.2, 0) is 4.79 Å². The van der Waals surface area contributed by atoms with Gasteiger partial charge in [0.1, 0.15) is 12.6 Å². The molecular weight excluding hydrogens is 208 g/mol. The topological polar surface area (TPSA) is 34.1 Å². The zero-order chi connectivity index (χ0) is 9.68. The van der Waals surface area contributed by atoms with Gasteiger partial charge in [-0.05, 0) is 12.1 Å². The van der Waals surface area contributed by atoms with Crippen molar-refractivity contribution in [2.75, 3.05) is 5.75 Å². The number of hydrogen-bond acceptors (Lipinski definition) is 3. The van der Waals surface area contributed by atoms with E-state index in [1.807, 2.05) is 0 Å². The fourth-order valence-corrected chi connectivity index (χ4v) is 1.79. The van der Waals surface area contributed by atoms with Crippen molar-refractivity contribution in [3.8, 4) is 0 Å². The number of carbonyl (C=O) groups is 2. The van der Waals surface area contributed by atoms with Crippen LogP contribution in [0.25, 0.3) is 0 Å². The van der Waals surface area contributed by atoms with E-state index in [-0.39, 0.29) is 0 Å². The number of carbonyl (C=O) groups excluding carboxylic acids is 2. The van der Waals surface area contributed by atoms with Crippen LogP contribution in [0.4, 0.5) is 0 Å². The van der Waals surface area contributed by atoms with Crippen molar-refractivity contribution in [2.45, 2.75) is 4.90 Å². The van der Waals surface area contributed by atoms with Crippen molar-refractivity contribution in [1.82, 2.24) is 0 Å². The van der Waals surface area contributed by atoms with Gasteiger partial charge in [-0.25, -0.2) is 0 Å². The van der Waals surface area contributed by atoms with Crippen molar-refractivity contribution in [1.29, 1.82) is 0 Å². The molecule has 0 heterocycles. The molecule has 0 radical (unpaired) electrons. The molecular formula is C9H7ClO2S. The lowest BCUT2D eigenvalue weighted by Crippen LogP contribution is -1.83.